The molecule has 0 saturated carbocycles. The quantitative estimate of drug-likeness (QED) is 0.913. The van der Waals surface area contributed by atoms with Crippen molar-refractivity contribution in [3.05, 3.63) is 46.3 Å². The standard InChI is InChI=1S/C16H21N3/c1-11-16(12(2)19(3)18-11)10-17-15-8-7-13-5-4-6-14(13)9-15/h7-9,17H,4-6,10H2,1-3H3. The van der Waals surface area contributed by atoms with Gasteiger partial charge in [0.05, 0.1) is 5.69 Å². The van der Waals surface area contributed by atoms with Crippen molar-refractivity contribution in [3.63, 3.8) is 0 Å². The van der Waals surface area contributed by atoms with Crippen LogP contribution < -0.4 is 5.32 Å². The summed E-state index contributed by atoms with van der Waals surface area (Å²) < 4.78 is 1.95. The number of hydrogen-bond donors (Lipinski definition) is 1. The molecule has 0 atom stereocenters. The lowest BCUT2D eigenvalue weighted by atomic mass is 10.1. The number of anilines is 1. The van der Waals surface area contributed by atoms with Crippen molar-refractivity contribution in [2.75, 3.05) is 5.32 Å². The molecule has 1 heterocycles. The molecule has 1 aromatic carbocycles. The average Bonchev–Trinajstić information content (AvgIpc) is 2.94. The highest BCUT2D eigenvalue weighted by Gasteiger charge is 2.12. The fourth-order valence-electron chi connectivity index (χ4n) is 2.95. The summed E-state index contributed by atoms with van der Waals surface area (Å²) in [5, 5.41) is 7.99. The molecule has 1 aliphatic rings. The minimum atomic E-state index is 0.851. The van der Waals surface area contributed by atoms with E-state index < -0.39 is 0 Å². The third-order valence-corrected chi connectivity index (χ3v) is 4.23. The molecule has 0 radical (unpaired) electrons. The molecule has 0 aliphatic heterocycles. The second-order valence-corrected chi connectivity index (χ2v) is 5.46. The van der Waals surface area contributed by atoms with Crippen LogP contribution in [0.4, 0.5) is 5.69 Å². The van der Waals surface area contributed by atoms with Crippen LogP contribution in [-0.2, 0) is 26.4 Å². The number of aryl methyl sites for hydroxylation is 4. The molecule has 3 heteroatoms. The van der Waals surface area contributed by atoms with Gasteiger partial charge in [0.2, 0.25) is 0 Å². The molecule has 3 rings (SSSR count). The lowest BCUT2D eigenvalue weighted by molar-refractivity contribution is 0.730. The number of nitrogens with zero attached hydrogens (tertiary/aromatic N) is 2. The normalized spacial score (nSPS) is 13.6. The Bertz CT molecular complexity index is 611. The smallest absolute Gasteiger partial charge is 0.0646 e. The molecule has 19 heavy (non-hydrogen) atoms. The number of hydrogen-bond acceptors (Lipinski definition) is 2. The minimum Gasteiger partial charge on any atom is -0.381 e. The highest BCUT2D eigenvalue weighted by atomic mass is 15.3. The molecule has 0 unspecified atom stereocenters. The van der Waals surface area contributed by atoms with E-state index in [1.165, 1.54) is 47.3 Å². The molecule has 0 spiro atoms. The molecule has 1 aromatic heterocycles. The van der Waals surface area contributed by atoms with Crippen LogP contribution in [-0.4, -0.2) is 9.78 Å². The fraction of sp³-hybridized carbons (Fsp3) is 0.438. The van der Waals surface area contributed by atoms with Crippen LogP contribution in [0.2, 0.25) is 0 Å². The Hall–Kier alpha value is -1.77. The maximum atomic E-state index is 4.46. The van der Waals surface area contributed by atoms with Crippen molar-refractivity contribution < 1.29 is 0 Å². The highest BCUT2D eigenvalue weighted by Crippen LogP contribution is 2.25. The Morgan fingerprint density at radius 3 is 2.74 bits per heavy atom. The summed E-state index contributed by atoms with van der Waals surface area (Å²) in [6.45, 7) is 5.05. The Morgan fingerprint density at radius 2 is 2.00 bits per heavy atom. The van der Waals surface area contributed by atoms with Crippen molar-refractivity contribution in [1.82, 2.24) is 9.78 Å². The summed E-state index contributed by atoms with van der Waals surface area (Å²) in [5.74, 6) is 0. The molecule has 3 nitrogen and oxygen atoms in total. The average molecular weight is 255 g/mol. The van der Waals surface area contributed by atoms with Crippen molar-refractivity contribution in [3.8, 4) is 0 Å². The number of nitrogens with one attached hydrogen (secondary N) is 1. The predicted molar refractivity (Wildman–Crippen MR) is 78.5 cm³/mol. The van der Waals surface area contributed by atoms with Gasteiger partial charge in [0.25, 0.3) is 0 Å². The zero-order chi connectivity index (χ0) is 13.4. The molecular formula is C16H21N3. The highest BCUT2D eigenvalue weighted by molar-refractivity contribution is 5.50. The van der Waals surface area contributed by atoms with Crippen LogP contribution >= 0.6 is 0 Å². The van der Waals surface area contributed by atoms with E-state index in [4.69, 9.17) is 0 Å². The van der Waals surface area contributed by atoms with Crippen LogP contribution in [0.25, 0.3) is 0 Å². The third-order valence-electron chi connectivity index (χ3n) is 4.23. The molecule has 2 aromatic rings. The van der Waals surface area contributed by atoms with E-state index >= 15 is 0 Å². The number of rotatable bonds is 3. The van der Waals surface area contributed by atoms with E-state index in [-0.39, 0.29) is 0 Å². The first kappa shape index (κ1) is 12.3. The zero-order valence-corrected chi connectivity index (χ0v) is 12.0. The summed E-state index contributed by atoms with van der Waals surface area (Å²) in [4.78, 5) is 0. The van der Waals surface area contributed by atoms with Gasteiger partial charge in [-0.2, -0.15) is 5.10 Å². The van der Waals surface area contributed by atoms with Crippen LogP contribution in [0.3, 0.4) is 0 Å². The van der Waals surface area contributed by atoms with Crippen LogP contribution in [0.15, 0.2) is 18.2 Å². The largest absolute Gasteiger partial charge is 0.381 e. The Kier molecular flexibility index (Phi) is 3.05. The van der Waals surface area contributed by atoms with Crippen molar-refractivity contribution >= 4 is 5.69 Å². The number of fused-ring (bicyclic) bond motifs is 1. The second-order valence-electron chi connectivity index (χ2n) is 5.46. The summed E-state index contributed by atoms with van der Waals surface area (Å²) >= 11 is 0. The SMILES string of the molecule is Cc1nn(C)c(C)c1CNc1ccc2c(c1)CCC2. The molecular weight excluding hydrogens is 234 g/mol. The van der Waals surface area contributed by atoms with Gasteiger partial charge in [-0.15, -0.1) is 0 Å². The maximum absolute atomic E-state index is 4.46. The van der Waals surface area contributed by atoms with Crippen molar-refractivity contribution in [1.29, 1.82) is 0 Å². The Balaban J connectivity index is 1.76. The summed E-state index contributed by atoms with van der Waals surface area (Å²) in [6.07, 6.45) is 3.78. The molecule has 1 aliphatic carbocycles. The predicted octanol–water partition coefficient (Wildman–Crippen LogP) is 3.14. The summed E-state index contributed by atoms with van der Waals surface area (Å²) in [5.41, 5.74) is 7.94. The zero-order valence-electron chi connectivity index (χ0n) is 12.0. The molecule has 0 bridgehead atoms. The van der Waals surface area contributed by atoms with Gasteiger partial charge in [0, 0.05) is 30.5 Å². The summed E-state index contributed by atoms with van der Waals surface area (Å²) in [7, 11) is 2.00. The molecule has 1 N–H and O–H groups in total. The first-order valence-electron chi connectivity index (χ1n) is 7.00. The van der Waals surface area contributed by atoms with E-state index in [0.29, 0.717) is 0 Å². The van der Waals surface area contributed by atoms with Crippen LogP contribution in [0, 0.1) is 13.8 Å². The van der Waals surface area contributed by atoms with Gasteiger partial charge >= 0.3 is 0 Å². The monoisotopic (exact) mass is 255 g/mol. The lowest BCUT2D eigenvalue weighted by Crippen LogP contribution is -2.02. The van der Waals surface area contributed by atoms with Gasteiger partial charge < -0.3 is 5.32 Å². The summed E-state index contributed by atoms with van der Waals surface area (Å²) in [6, 6.07) is 6.78. The van der Waals surface area contributed by atoms with Gasteiger partial charge in [-0.3, -0.25) is 4.68 Å². The molecule has 0 saturated heterocycles. The van der Waals surface area contributed by atoms with E-state index in [1.54, 1.807) is 0 Å². The molecule has 0 fully saturated rings. The van der Waals surface area contributed by atoms with Crippen molar-refractivity contribution in [2.45, 2.75) is 39.7 Å². The van der Waals surface area contributed by atoms with E-state index in [2.05, 4.69) is 42.5 Å². The number of benzene rings is 1. The van der Waals surface area contributed by atoms with Crippen molar-refractivity contribution in [2.24, 2.45) is 7.05 Å². The van der Waals surface area contributed by atoms with Gasteiger partial charge in [-0.25, -0.2) is 0 Å². The van der Waals surface area contributed by atoms with Gasteiger partial charge in [0.15, 0.2) is 0 Å². The van der Waals surface area contributed by atoms with Gasteiger partial charge in [-0.1, -0.05) is 6.07 Å². The van der Waals surface area contributed by atoms with Gasteiger partial charge in [0.1, 0.15) is 0 Å². The van der Waals surface area contributed by atoms with Crippen LogP contribution in [0.1, 0.15) is 34.5 Å². The van der Waals surface area contributed by atoms with E-state index in [9.17, 15) is 0 Å². The third kappa shape index (κ3) is 2.25. The topological polar surface area (TPSA) is 29.9 Å². The first-order chi connectivity index (χ1) is 9.15. The van der Waals surface area contributed by atoms with Crippen LogP contribution in [0.5, 0.6) is 0 Å². The van der Waals surface area contributed by atoms with Gasteiger partial charge in [-0.05, 0) is 56.4 Å². The minimum absolute atomic E-state index is 0.851. The number of aromatic nitrogens is 2. The second kappa shape index (κ2) is 4.72. The molecule has 100 valence electrons. The Labute approximate surface area is 114 Å². The fourth-order valence-corrected chi connectivity index (χ4v) is 2.95. The maximum Gasteiger partial charge on any atom is 0.0646 e. The Morgan fingerprint density at radius 1 is 1.21 bits per heavy atom. The van der Waals surface area contributed by atoms with E-state index in [0.717, 1.165) is 12.2 Å². The first-order valence-corrected chi connectivity index (χ1v) is 7.00. The van der Waals surface area contributed by atoms with E-state index in [1.807, 2.05) is 11.7 Å². The molecule has 0 amide bonds. The lowest BCUT2D eigenvalue weighted by Gasteiger charge is -2.09.